The molecule has 26 heavy (non-hydrogen) atoms. The van der Waals surface area contributed by atoms with E-state index in [4.69, 9.17) is 0 Å². The molecule has 2 heterocycles. The van der Waals surface area contributed by atoms with Crippen LogP contribution >= 0.6 is 11.3 Å². The second-order valence-electron chi connectivity index (χ2n) is 6.25. The smallest absolute Gasteiger partial charge is 0.263 e. The third-order valence-electron chi connectivity index (χ3n) is 4.23. The Morgan fingerprint density at radius 3 is 2.73 bits per heavy atom. The molecule has 0 fully saturated rings. The molecule has 136 valence electrons. The maximum absolute atomic E-state index is 12.7. The van der Waals surface area contributed by atoms with Crippen molar-refractivity contribution in [2.75, 3.05) is 0 Å². The van der Waals surface area contributed by atoms with Crippen LogP contribution < -0.4 is 5.32 Å². The van der Waals surface area contributed by atoms with Gasteiger partial charge in [0.15, 0.2) is 0 Å². The molecule has 0 saturated heterocycles. The Hall–Kier alpha value is -2.47. The number of hydrogen-bond acceptors (Lipinski definition) is 4. The van der Waals surface area contributed by atoms with E-state index in [2.05, 4.69) is 27.2 Å². The van der Waals surface area contributed by atoms with E-state index in [1.165, 1.54) is 11.3 Å². The molecule has 0 radical (unpaired) electrons. The lowest BCUT2D eigenvalue weighted by Crippen LogP contribution is -2.28. The van der Waals surface area contributed by atoms with Crippen molar-refractivity contribution in [3.8, 4) is 11.3 Å². The van der Waals surface area contributed by atoms with Crippen molar-refractivity contribution in [1.29, 1.82) is 0 Å². The molecular weight excluding hydrogens is 344 g/mol. The maximum atomic E-state index is 12.7. The Kier molecular flexibility index (Phi) is 5.83. The fourth-order valence-electron chi connectivity index (χ4n) is 2.85. The largest absolute Gasteiger partial charge is 0.341 e. The molecule has 1 unspecified atom stereocenters. The Balaban J connectivity index is 1.75. The normalized spacial score (nSPS) is 12.1. The van der Waals surface area contributed by atoms with Crippen LogP contribution in [0.4, 0.5) is 0 Å². The van der Waals surface area contributed by atoms with E-state index in [-0.39, 0.29) is 11.9 Å². The molecule has 6 heteroatoms. The molecule has 1 aromatic carbocycles. The topological polar surface area (TPSA) is 70.7 Å². The summed E-state index contributed by atoms with van der Waals surface area (Å²) in [6.45, 7) is 6.05. The molecule has 0 bridgehead atoms. The van der Waals surface area contributed by atoms with Crippen LogP contribution in [-0.2, 0) is 6.42 Å². The zero-order valence-electron chi connectivity index (χ0n) is 15.4. The first-order valence-corrected chi connectivity index (χ1v) is 9.81. The molecule has 3 aromatic rings. The van der Waals surface area contributed by atoms with Crippen molar-refractivity contribution in [1.82, 2.24) is 20.3 Å². The van der Waals surface area contributed by atoms with Gasteiger partial charge in [0.1, 0.15) is 10.7 Å². The summed E-state index contributed by atoms with van der Waals surface area (Å²) in [5, 5.41) is 4.12. The van der Waals surface area contributed by atoms with Gasteiger partial charge >= 0.3 is 0 Å². The molecule has 0 aliphatic carbocycles. The van der Waals surface area contributed by atoms with Crippen LogP contribution in [0.1, 0.15) is 58.9 Å². The summed E-state index contributed by atoms with van der Waals surface area (Å²) in [5.41, 5.74) is 2.83. The van der Waals surface area contributed by atoms with Gasteiger partial charge in [-0.25, -0.2) is 9.97 Å². The van der Waals surface area contributed by atoms with E-state index in [0.717, 1.165) is 47.0 Å². The highest BCUT2D eigenvalue weighted by Crippen LogP contribution is 2.23. The first-order chi connectivity index (χ1) is 12.6. The summed E-state index contributed by atoms with van der Waals surface area (Å²) < 4.78 is 0. The van der Waals surface area contributed by atoms with Crippen LogP contribution in [0.15, 0.2) is 36.5 Å². The standard InChI is InChI=1S/C20H24N4OS/c1-4-9-17-22-13(3)18(26-17)20(25)24-15(5-2)19-21-12-16(23-19)14-10-7-6-8-11-14/h6-8,10-12,15H,4-5,9H2,1-3H3,(H,21,23)(H,24,25). The average molecular weight is 369 g/mol. The van der Waals surface area contributed by atoms with Gasteiger partial charge in [0.25, 0.3) is 5.91 Å². The number of aromatic nitrogens is 3. The number of hydrogen-bond donors (Lipinski definition) is 2. The Morgan fingerprint density at radius 2 is 2.04 bits per heavy atom. The van der Waals surface area contributed by atoms with Crippen molar-refractivity contribution < 1.29 is 4.79 Å². The number of thiazole rings is 1. The zero-order chi connectivity index (χ0) is 18.5. The van der Waals surface area contributed by atoms with Crippen LogP contribution in [0, 0.1) is 6.92 Å². The number of carbonyl (C=O) groups excluding carboxylic acids is 1. The highest BCUT2D eigenvalue weighted by Gasteiger charge is 2.21. The van der Waals surface area contributed by atoms with Crippen molar-refractivity contribution in [3.05, 3.63) is 57.9 Å². The average Bonchev–Trinajstić information content (AvgIpc) is 3.28. The lowest BCUT2D eigenvalue weighted by molar-refractivity contribution is 0.0937. The number of aryl methyl sites for hydroxylation is 2. The summed E-state index contributed by atoms with van der Waals surface area (Å²) in [4.78, 5) is 25.7. The van der Waals surface area contributed by atoms with Gasteiger partial charge in [0.2, 0.25) is 0 Å². The number of nitrogens with zero attached hydrogens (tertiary/aromatic N) is 2. The third kappa shape index (κ3) is 4.02. The number of nitrogens with one attached hydrogen (secondary N) is 2. The molecule has 0 aliphatic rings. The SMILES string of the molecule is CCCc1nc(C)c(C(=O)NC(CC)c2ncc(-c3ccccc3)[nH]2)s1. The van der Waals surface area contributed by atoms with Crippen molar-refractivity contribution in [2.45, 2.75) is 46.1 Å². The fourth-order valence-corrected chi connectivity index (χ4v) is 3.92. The highest BCUT2D eigenvalue weighted by atomic mass is 32.1. The van der Waals surface area contributed by atoms with Crippen molar-refractivity contribution in [2.24, 2.45) is 0 Å². The summed E-state index contributed by atoms with van der Waals surface area (Å²) in [6, 6.07) is 9.89. The monoisotopic (exact) mass is 368 g/mol. The van der Waals surface area contributed by atoms with E-state index in [0.29, 0.717) is 4.88 Å². The maximum Gasteiger partial charge on any atom is 0.263 e. The lowest BCUT2D eigenvalue weighted by Gasteiger charge is -2.14. The quantitative estimate of drug-likeness (QED) is 0.636. The minimum Gasteiger partial charge on any atom is -0.341 e. The molecule has 0 aliphatic heterocycles. The highest BCUT2D eigenvalue weighted by molar-refractivity contribution is 7.13. The van der Waals surface area contributed by atoms with E-state index in [9.17, 15) is 4.79 Å². The van der Waals surface area contributed by atoms with Gasteiger partial charge in [-0.1, -0.05) is 44.2 Å². The summed E-state index contributed by atoms with van der Waals surface area (Å²) >= 11 is 1.49. The van der Waals surface area contributed by atoms with Gasteiger partial charge in [0, 0.05) is 0 Å². The van der Waals surface area contributed by atoms with Gasteiger partial charge in [-0.2, -0.15) is 0 Å². The van der Waals surface area contributed by atoms with E-state index < -0.39 is 0 Å². The predicted octanol–water partition coefficient (Wildman–Crippen LogP) is 4.68. The number of benzene rings is 1. The Labute approximate surface area is 157 Å². The number of aromatic amines is 1. The zero-order valence-corrected chi connectivity index (χ0v) is 16.2. The van der Waals surface area contributed by atoms with Gasteiger partial charge in [-0.05, 0) is 31.7 Å². The Bertz CT molecular complexity index is 869. The fraction of sp³-hybridized carbons (Fsp3) is 0.350. The molecule has 2 aromatic heterocycles. The summed E-state index contributed by atoms with van der Waals surface area (Å²) in [6.07, 6.45) is 4.51. The summed E-state index contributed by atoms with van der Waals surface area (Å²) in [5.74, 6) is 0.697. The predicted molar refractivity (Wildman–Crippen MR) is 105 cm³/mol. The van der Waals surface area contributed by atoms with Crippen molar-refractivity contribution in [3.63, 3.8) is 0 Å². The number of rotatable bonds is 7. The van der Waals surface area contributed by atoms with E-state index in [1.54, 1.807) is 0 Å². The molecule has 0 saturated carbocycles. The second kappa shape index (κ2) is 8.27. The van der Waals surface area contributed by atoms with Gasteiger partial charge in [0.05, 0.1) is 28.6 Å². The van der Waals surface area contributed by atoms with Crippen LogP contribution in [0.5, 0.6) is 0 Å². The minimum absolute atomic E-state index is 0.0770. The number of carbonyl (C=O) groups is 1. The first kappa shape index (κ1) is 18.3. The molecule has 1 amide bonds. The first-order valence-electron chi connectivity index (χ1n) is 8.99. The summed E-state index contributed by atoms with van der Waals surface area (Å²) in [7, 11) is 0. The number of amides is 1. The van der Waals surface area contributed by atoms with Crippen LogP contribution in [0.3, 0.4) is 0 Å². The molecule has 3 rings (SSSR count). The van der Waals surface area contributed by atoms with Crippen LogP contribution in [0.2, 0.25) is 0 Å². The molecule has 2 N–H and O–H groups in total. The molecule has 5 nitrogen and oxygen atoms in total. The van der Waals surface area contributed by atoms with Crippen molar-refractivity contribution >= 4 is 17.2 Å². The number of imidazole rings is 1. The van der Waals surface area contributed by atoms with E-state index >= 15 is 0 Å². The molecule has 1 atom stereocenters. The minimum atomic E-state index is -0.156. The van der Waals surface area contributed by atoms with Crippen LogP contribution in [0.25, 0.3) is 11.3 Å². The lowest BCUT2D eigenvalue weighted by atomic mass is 10.2. The molecule has 0 spiro atoms. The molecular formula is C20H24N4OS. The van der Waals surface area contributed by atoms with Crippen LogP contribution in [-0.4, -0.2) is 20.9 Å². The van der Waals surface area contributed by atoms with Gasteiger partial charge < -0.3 is 10.3 Å². The van der Waals surface area contributed by atoms with Gasteiger partial charge in [-0.3, -0.25) is 4.79 Å². The third-order valence-corrected chi connectivity index (χ3v) is 5.45. The Morgan fingerprint density at radius 1 is 1.27 bits per heavy atom. The number of H-pyrrole nitrogens is 1. The van der Waals surface area contributed by atoms with Gasteiger partial charge in [-0.15, -0.1) is 11.3 Å². The van der Waals surface area contributed by atoms with E-state index in [1.807, 2.05) is 50.4 Å². The second-order valence-corrected chi connectivity index (χ2v) is 7.34.